The Morgan fingerprint density at radius 2 is 1.53 bits per heavy atom. The first-order valence-corrected chi connectivity index (χ1v) is 11.9. The quantitative estimate of drug-likeness (QED) is 0.461. The summed E-state index contributed by atoms with van der Waals surface area (Å²) >= 11 is 0. The molecule has 1 N–H and O–H groups in total. The molecule has 0 atom stereocenters. The highest BCUT2D eigenvalue weighted by Crippen LogP contribution is 2.23. The lowest BCUT2D eigenvalue weighted by Crippen LogP contribution is -2.32. The minimum absolute atomic E-state index is 0.0245. The molecule has 5 nitrogen and oxygen atoms in total. The molecule has 164 valence electrons. The Balaban J connectivity index is 1.78. The van der Waals surface area contributed by atoms with Crippen LogP contribution >= 0.6 is 0 Å². The Labute approximate surface area is 188 Å². The number of aromatic nitrogens is 1. The third-order valence-electron chi connectivity index (χ3n) is 5.84. The zero-order valence-electron chi connectivity index (χ0n) is 18.4. The SMILES string of the molecule is Cc1ccc(CN(Cc2cc3ccc(C)c(C)c3[nH]c2=O)S(=O)(=O)c2ccccc2)cc1. The maximum absolute atomic E-state index is 13.5. The van der Waals surface area contributed by atoms with Crippen molar-refractivity contribution < 1.29 is 8.42 Å². The van der Waals surface area contributed by atoms with Gasteiger partial charge < -0.3 is 4.98 Å². The fraction of sp³-hybridized carbons (Fsp3) is 0.192. The molecule has 0 saturated carbocycles. The van der Waals surface area contributed by atoms with E-state index in [1.807, 2.05) is 57.2 Å². The number of aromatic amines is 1. The van der Waals surface area contributed by atoms with Crippen LogP contribution < -0.4 is 5.56 Å². The first-order chi connectivity index (χ1) is 15.3. The summed E-state index contributed by atoms with van der Waals surface area (Å²) in [6, 6.07) is 21.8. The van der Waals surface area contributed by atoms with E-state index in [9.17, 15) is 13.2 Å². The van der Waals surface area contributed by atoms with E-state index >= 15 is 0 Å². The van der Waals surface area contributed by atoms with E-state index in [1.54, 1.807) is 36.4 Å². The minimum atomic E-state index is -3.81. The van der Waals surface area contributed by atoms with Crippen molar-refractivity contribution >= 4 is 20.9 Å². The standard InChI is InChI=1S/C26H26N2O3S/c1-18-9-12-21(13-10-18)16-28(32(30,31)24-7-5-4-6-8-24)17-23-15-22-14-11-19(2)20(3)25(22)27-26(23)29/h4-15H,16-17H2,1-3H3,(H,27,29). The first kappa shape index (κ1) is 22.0. The highest BCUT2D eigenvalue weighted by atomic mass is 32.2. The van der Waals surface area contributed by atoms with Gasteiger partial charge in [0.15, 0.2) is 0 Å². The molecule has 0 aliphatic rings. The van der Waals surface area contributed by atoms with Gasteiger partial charge in [0.2, 0.25) is 10.0 Å². The van der Waals surface area contributed by atoms with E-state index in [-0.39, 0.29) is 23.5 Å². The predicted molar refractivity (Wildman–Crippen MR) is 128 cm³/mol. The van der Waals surface area contributed by atoms with Gasteiger partial charge in [0.1, 0.15) is 0 Å². The lowest BCUT2D eigenvalue weighted by atomic mass is 10.0. The van der Waals surface area contributed by atoms with Crippen LogP contribution in [0.3, 0.4) is 0 Å². The summed E-state index contributed by atoms with van der Waals surface area (Å²) < 4.78 is 28.4. The largest absolute Gasteiger partial charge is 0.321 e. The van der Waals surface area contributed by atoms with Crippen molar-refractivity contribution in [2.75, 3.05) is 0 Å². The highest BCUT2D eigenvalue weighted by molar-refractivity contribution is 7.89. The molecule has 0 aliphatic heterocycles. The molecule has 32 heavy (non-hydrogen) atoms. The molecule has 0 fully saturated rings. The summed E-state index contributed by atoms with van der Waals surface area (Å²) in [6.45, 7) is 6.10. The number of H-pyrrole nitrogens is 1. The van der Waals surface area contributed by atoms with Crippen molar-refractivity contribution in [3.05, 3.63) is 111 Å². The molecule has 4 rings (SSSR count). The second-order valence-corrected chi connectivity index (χ2v) is 10.1. The van der Waals surface area contributed by atoms with Gasteiger partial charge in [-0.05, 0) is 61.0 Å². The van der Waals surface area contributed by atoms with E-state index in [0.717, 1.165) is 33.2 Å². The van der Waals surface area contributed by atoms with Crippen molar-refractivity contribution in [1.29, 1.82) is 0 Å². The number of nitrogens with zero attached hydrogens (tertiary/aromatic N) is 1. The molecule has 1 heterocycles. The van der Waals surface area contributed by atoms with Gasteiger partial charge in [-0.3, -0.25) is 4.79 Å². The first-order valence-electron chi connectivity index (χ1n) is 10.5. The summed E-state index contributed by atoms with van der Waals surface area (Å²) in [6.07, 6.45) is 0. The predicted octanol–water partition coefficient (Wildman–Crippen LogP) is 4.84. The van der Waals surface area contributed by atoms with Crippen LogP contribution in [0.1, 0.15) is 27.8 Å². The van der Waals surface area contributed by atoms with Crippen LogP contribution in [-0.4, -0.2) is 17.7 Å². The van der Waals surface area contributed by atoms with E-state index in [4.69, 9.17) is 0 Å². The molecule has 0 spiro atoms. The van der Waals surface area contributed by atoms with Gasteiger partial charge in [-0.25, -0.2) is 8.42 Å². The van der Waals surface area contributed by atoms with Crippen LogP contribution in [-0.2, 0) is 23.1 Å². The van der Waals surface area contributed by atoms with Gasteiger partial charge in [0.05, 0.1) is 10.4 Å². The molecule has 4 aromatic rings. The average molecular weight is 447 g/mol. The van der Waals surface area contributed by atoms with Crippen LogP contribution in [0.25, 0.3) is 10.9 Å². The van der Waals surface area contributed by atoms with Gasteiger partial charge >= 0.3 is 0 Å². The molecular weight excluding hydrogens is 420 g/mol. The number of pyridine rings is 1. The molecular formula is C26H26N2O3S. The number of fused-ring (bicyclic) bond motifs is 1. The highest BCUT2D eigenvalue weighted by Gasteiger charge is 2.26. The topological polar surface area (TPSA) is 70.2 Å². The van der Waals surface area contributed by atoms with Gasteiger partial charge in [-0.2, -0.15) is 4.31 Å². The summed E-state index contributed by atoms with van der Waals surface area (Å²) in [5.74, 6) is 0. The van der Waals surface area contributed by atoms with Crippen molar-refractivity contribution in [3.63, 3.8) is 0 Å². The lowest BCUT2D eigenvalue weighted by Gasteiger charge is -2.22. The van der Waals surface area contributed by atoms with Gasteiger partial charge in [-0.15, -0.1) is 0 Å². The number of hydrogen-bond acceptors (Lipinski definition) is 3. The van der Waals surface area contributed by atoms with Gasteiger partial charge in [0.25, 0.3) is 5.56 Å². The normalized spacial score (nSPS) is 11.9. The van der Waals surface area contributed by atoms with Crippen LogP contribution in [0.15, 0.2) is 82.5 Å². The molecule has 0 aliphatic carbocycles. The van der Waals surface area contributed by atoms with Crippen molar-refractivity contribution in [2.24, 2.45) is 0 Å². The van der Waals surface area contributed by atoms with E-state index in [0.29, 0.717) is 5.56 Å². The number of hydrogen-bond donors (Lipinski definition) is 1. The second-order valence-electron chi connectivity index (χ2n) is 8.17. The summed E-state index contributed by atoms with van der Waals surface area (Å²) in [5.41, 5.74) is 4.99. The number of rotatable bonds is 6. The summed E-state index contributed by atoms with van der Waals surface area (Å²) in [4.78, 5) is 16.1. The van der Waals surface area contributed by atoms with Crippen molar-refractivity contribution in [2.45, 2.75) is 38.8 Å². The number of nitrogens with one attached hydrogen (secondary N) is 1. The zero-order chi connectivity index (χ0) is 22.9. The molecule has 0 saturated heterocycles. The maximum Gasteiger partial charge on any atom is 0.252 e. The third kappa shape index (κ3) is 4.38. The van der Waals surface area contributed by atoms with Crippen LogP contribution in [0, 0.1) is 20.8 Å². The Morgan fingerprint density at radius 1 is 0.844 bits per heavy atom. The lowest BCUT2D eigenvalue weighted by molar-refractivity contribution is 0.400. The van der Waals surface area contributed by atoms with Crippen LogP contribution in [0.5, 0.6) is 0 Å². The number of benzene rings is 3. The maximum atomic E-state index is 13.5. The molecule has 3 aromatic carbocycles. The summed E-state index contributed by atoms with van der Waals surface area (Å²) in [7, 11) is -3.81. The van der Waals surface area contributed by atoms with Crippen LogP contribution in [0.2, 0.25) is 0 Å². The number of sulfonamides is 1. The van der Waals surface area contributed by atoms with Crippen molar-refractivity contribution in [1.82, 2.24) is 9.29 Å². The molecule has 1 aromatic heterocycles. The van der Waals surface area contributed by atoms with Crippen LogP contribution in [0.4, 0.5) is 0 Å². The van der Waals surface area contributed by atoms with Gasteiger partial charge in [-0.1, -0.05) is 60.2 Å². The monoisotopic (exact) mass is 446 g/mol. The molecule has 6 heteroatoms. The second kappa shape index (κ2) is 8.73. The number of aryl methyl sites for hydroxylation is 3. The summed E-state index contributed by atoms with van der Waals surface area (Å²) in [5, 5.41) is 0.884. The van der Waals surface area contributed by atoms with E-state index < -0.39 is 10.0 Å². The third-order valence-corrected chi connectivity index (χ3v) is 7.64. The van der Waals surface area contributed by atoms with E-state index in [2.05, 4.69) is 4.98 Å². The molecule has 0 bridgehead atoms. The fourth-order valence-corrected chi connectivity index (χ4v) is 5.17. The average Bonchev–Trinajstić information content (AvgIpc) is 2.79. The zero-order valence-corrected chi connectivity index (χ0v) is 19.2. The fourth-order valence-electron chi connectivity index (χ4n) is 3.74. The molecule has 0 radical (unpaired) electrons. The van der Waals surface area contributed by atoms with Crippen molar-refractivity contribution in [3.8, 4) is 0 Å². The Kier molecular flexibility index (Phi) is 6.00. The molecule has 0 amide bonds. The Hall–Kier alpha value is -3.22. The minimum Gasteiger partial charge on any atom is -0.321 e. The molecule has 0 unspecified atom stereocenters. The smallest absolute Gasteiger partial charge is 0.252 e. The Bertz CT molecular complexity index is 1420. The van der Waals surface area contributed by atoms with Gasteiger partial charge in [0, 0.05) is 18.7 Å². The van der Waals surface area contributed by atoms with E-state index in [1.165, 1.54) is 4.31 Å². The Morgan fingerprint density at radius 3 is 2.22 bits per heavy atom.